The second-order valence-corrected chi connectivity index (χ2v) is 8.19. The minimum atomic E-state index is -3.08. The van der Waals surface area contributed by atoms with Gasteiger partial charge in [0.25, 0.3) is 0 Å². The van der Waals surface area contributed by atoms with Crippen LogP contribution in [-0.2, 0) is 16.3 Å². The van der Waals surface area contributed by atoms with Gasteiger partial charge in [-0.1, -0.05) is 22.3 Å². The molecule has 1 aromatic heterocycles. The van der Waals surface area contributed by atoms with Crippen LogP contribution in [0.1, 0.15) is 17.0 Å². The first-order valence-corrected chi connectivity index (χ1v) is 8.99. The van der Waals surface area contributed by atoms with Crippen molar-refractivity contribution in [3.8, 4) is 11.4 Å². The van der Waals surface area contributed by atoms with Gasteiger partial charge in [0.1, 0.15) is 0 Å². The van der Waals surface area contributed by atoms with Crippen LogP contribution in [0.3, 0.4) is 0 Å². The van der Waals surface area contributed by atoms with Crippen molar-refractivity contribution in [3.05, 3.63) is 35.2 Å². The van der Waals surface area contributed by atoms with E-state index in [1.54, 1.807) is 0 Å². The Balaban J connectivity index is 1.82. The highest BCUT2D eigenvalue weighted by atomic mass is 32.2. The molecule has 0 aliphatic carbocycles. The Hall–Kier alpha value is -1.73. The van der Waals surface area contributed by atoms with Gasteiger partial charge in [-0.15, -0.1) is 0 Å². The van der Waals surface area contributed by atoms with Crippen LogP contribution >= 0.6 is 0 Å². The van der Waals surface area contributed by atoms with Crippen molar-refractivity contribution in [2.45, 2.75) is 25.5 Å². The molecule has 2 aromatic rings. The zero-order valence-corrected chi connectivity index (χ0v) is 13.5. The van der Waals surface area contributed by atoms with Crippen LogP contribution in [0.5, 0.6) is 0 Å². The molecule has 0 radical (unpaired) electrons. The van der Waals surface area contributed by atoms with E-state index < -0.39 is 15.1 Å². The quantitative estimate of drug-likeness (QED) is 0.917. The van der Waals surface area contributed by atoms with E-state index in [4.69, 9.17) is 4.52 Å². The third-order valence-corrected chi connectivity index (χ3v) is 5.92. The number of sulfone groups is 1. The number of hydrogen-bond donors (Lipinski definition) is 1. The van der Waals surface area contributed by atoms with Gasteiger partial charge in [-0.3, -0.25) is 0 Å². The Labute approximate surface area is 129 Å². The van der Waals surface area contributed by atoms with Gasteiger partial charge in [0.2, 0.25) is 11.7 Å². The van der Waals surface area contributed by atoms with E-state index in [2.05, 4.69) is 21.5 Å². The maximum Gasteiger partial charge on any atom is 0.228 e. The maximum absolute atomic E-state index is 12.0. The molecule has 3 rings (SSSR count). The van der Waals surface area contributed by atoms with E-state index in [-0.39, 0.29) is 12.2 Å². The number of benzene rings is 1. The number of nitrogens with one attached hydrogen (secondary N) is 1. The van der Waals surface area contributed by atoms with Crippen LogP contribution in [-0.4, -0.2) is 42.7 Å². The fourth-order valence-corrected chi connectivity index (χ4v) is 4.25. The molecule has 1 fully saturated rings. The van der Waals surface area contributed by atoms with E-state index in [1.807, 2.05) is 26.0 Å². The number of nitrogens with zero attached hydrogens (tertiary/aromatic N) is 2. The average molecular weight is 321 g/mol. The van der Waals surface area contributed by atoms with Gasteiger partial charge >= 0.3 is 0 Å². The Morgan fingerprint density at radius 2 is 2.00 bits per heavy atom. The van der Waals surface area contributed by atoms with Gasteiger partial charge in [0.05, 0.1) is 11.0 Å². The van der Waals surface area contributed by atoms with Crippen LogP contribution in [0.4, 0.5) is 0 Å². The second kappa shape index (κ2) is 5.81. The SMILES string of the molecule is Cc1cc(C)cc(-c2noc(CC3CNCCS3(=O)=O)n2)c1. The van der Waals surface area contributed by atoms with Gasteiger partial charge in [-0.25, -0.2) is 8.42 Å². The fourth-order valence-electron chi connectivity index (χ4n) is 2.72. The van der Waals surface area contributed by atoms with Crippen molar-refractivity contribution >= 4 is 9.84 Å². The summed E-state index contributed by atoms with van der Waals surface area (Å²) in [6.07, 6.45) is 0.257. The first kappa shape index (κ1) is 15.2. The molecule has 1 aliphatic heterocycles. The Bertz CT molecular complexity index is 763. The number of hydrogen-bond acceptors (Lipinski definition) is 6. The Kier molecular flexibility index (Phi) is 4.01. The molecule has 6 nitrogen and oxygen atoms in total. The summed E-state index contributed by atoms with van der Waals surface area (Å²) < 4.78 is 29.3. The van der Waals surface area contributed by atoms with Gasteiger partial charge in [-0.05, 0) is 26.0 Å². The summed E-state index contributed by atoms with van der Waals surface area (Å²) in [6.45, 7) is 4.97. The predicted octanol–water partition coefficient (Wildman–Crippen LogP) is 1.28. The molecule has 1 atom stereocenters. The van der Waals surface area contributed by atoms with Crippen LogP contribution < -0.4 is 5.32 Å². The first-order chi connectivity index (χ1) is 10.4. The summed E-state index contributed by atoms with van der Waals surface area (Å²) in [5.74, 6) is 1.03. The number of aryl methyl sites for hydroxylation is 2. The molecular formula is C15H19N3O3S. The minimum Gasteiger partial charge on any atom is -0.339 e. The summed E-state index contributed by atoms with van der Waals surface area (Å²) in [7, 11) is -3.08. The molecule has 2 heterocycles. The van der Waals surface area contributed by atoms with E-state index in [1.165, 1.54) is 0 Å². The molecule has 1 unspecified atom stereocenters. The molecule has 0 amide bonds. The molecule has 1 aliphatic rings. The standard InChI is InChI=1S/C15H19N3O3S/c1-10-5-11(2)7-12(6-10)15-17-14(21-18-15)8-13-9-16-3-4-22(13,19)20/h5-7,13,16H,3-4,8-9H2,1-2H3. The molecule has 1 N–H and O–H groups in total. The average Bonchev–Trinajstić information content (AvgIpc) is 2.89. The largest absolute Gasteiger partial charge is 0.339 e. The second-order valence-electron chi connectivity index (χ2n) is 5.79. The predicted molar refractivity (Wildman–Crippen MR) is 83.4 cm³/mol. The summed E-state index contributed by atoms with van der Waals surface area (Å²) in [5, 5.41) is 6.58. The van der Waals surface area contributed by atoms with E-state index in [9.17, 15) is 8.42 Å². The molecule has 1 saturated heterocycles. The third kappa shape index (κ3) is 3.20. The lowest BCUT2D eigenvalue weighted by atomic mass is 10.1. The molecule has 22 heavy (non-hydrogen) atoms. The van der Waals surface area contributed by atoms with Crippen molar-refractivity contribution in [2.75, 3.05) is 18.8 Å². The van der Waals surface area contributed by atoms with Gasteiger partial charge < -0.3 is 9.84 Å². The fraction of sp³-hybridized carbons (Fsp3) is 0.467. The highest BCUT2D eigenvalue weighted by Crippen LogP contribution is 2.20. The van der Waals surface area contributed by atoms with Crippen molar-refractivity contribution in [1.29, 1.82) is 0 Å². The van der Waals surface area contributed by atoms with E-state index >= 15 is 0 Å². The monoisotopic (exact) mass is 321 g/mol. The summed E-state index contributed by atoms with van der Waals surface area (Å²) >= 11 is 0. The molecule has 7 heteroatoms. The van der Waals surface area contributed by atoms with Crippen molar-refractivity contribution in [3.63, 3.8) is 0 Å². The molecule has 0 spiro atoms. The van der Waals surface area contributed by atoms with Crippen molar-refractivity contribution in [1.82, 2.24) is 15.5 Å². The summed E-state index contributed by atoms with van der Waals surface area (Å²) in [4.78, 5) is 4.35. The van der Waals surface area contributed by atoms with Crippen LogP contribution in [0.25, 0.3) is 11.4 Å². The van der Waals surface area contributed by atoms with Gasteiger partial charge in [-0.2, -0.15) is 4.98 Å². The van der Waals surface area contributed by atoms with Gasteiger partial charge in [0.15, 0.2) is 9.84 Å². The maximum atomic E-state index is 12.0. The van der Waals surface area contributed by atoms with Crippen molar-refractivity contribution in [2.24, 2.45) is 0 Å². The molecule has 118 valence electrons. The Morgan fingerprint density at radius 1 is 1.27 bits per heavy atom. The normalized spacial score (nSPS) is 20.9. The van der Waals surface area contributed by atoms with Crippen molar-refractivity contribution < 1.29 is 12.9 Å². The zero-order chi connectivity index (χ0) is 15.7. The molecular weight excluding hydrogens is 302 g/mol. The lowest BCUT2D eigenvalue weighted by Gasteiger charge is -2.21. The lowest BCUT2D eigenvalue weighted by molar-refractivity contribution is 0.373. The van der Waals surface area contributed by atoms with E-state index in [0.29, 0.717) is 24.8 Å². The number of rotatable bonds is 3. The summed E-state index contributed by atoms with van der Waals surface area (Å²) in [6, 6.07) is 6.05. The smallest absolute Gasteiger partial charge is 0.228 e. The zero-order valence-electron chi connectivity index (χ0n) is 12.7. The molecule has 0 bridgehead atoms. The first-order valence-electron chi connectivity index (χ1n) is 7.27. The van der Waals surface area contributed by atoms with Crippen LogP contribution in [0, 0.1) is 13.8 Å². The topological polar surface area (TPSA) is 85.1 Å². The molecule has 0 saturated carbocycles. The highest BCUT2D eigenvalue weighted by Gasteiger charge is 2.30. The summed E-state index contributed by atoms with van der Waals surface area (Å²) in [5.41, 5.74) is 3.14. The Morgan fingerprint density at radius 3 is 2.68 bits per heavy atom. The lowest BCUT2D eigenvalue weighted by Crippen LogP contribution is -2.45. The number of aromatic nitrogens is 2. The van der Waals surface area contributed by atoms with E-state index in [0.717, 1.165) is 16.7 Å². The molecule has 1 aromatic carbocycles. The third-order valence-electron chi connectivity index (χ3n) is 3.79. The van der Waals surface area contributed by atoms with Crippen LogP contribution in [0.2, 0.25) is 0 Å². The minimum absolute atomic E-state index is 0.162. The highest BCUT2D eigenvalue weighted by molar-refractivity contribution is 7.92. The van der Waals surface area contributed by atoms with Crippen LogP contribution in [0.15, 0.2) is 22.7 Å². The van der Waals surface area contributed by atoms with Gasteiger partial charge in [0, 0.05) is 25.1 Å².